The Morgan fingerprint density at radius 2 is 1.95 bits per heavy atom. The monoisotopic (exact) mass is 284 g/mol. The van der Waals surface area contributed by atoms with Crippen LogP contribution in [0, 0.1) is 6.92 Å². The molecular formula is C17H20N2O2. The van der Waals surface area contributed by atoms with Crippen LogP contribution in [0.3, 0.4) is 0 Å². The summed E-state index contributed by atoms with van der Waals surface area (Å²) < 4.78 is 11.4. The Morgan fingerprint density at radius 3 is 2.76 bits per heavy atom. The SMILES string of the molecule is Cc1cccc(CC(NN)c2cccc3c2OCCO3)c1. The van der Waals surface area contributed by atoms with Crippen molar-refractivity contribution in [2.45, 2.75) is 19.4 Å². The number of rotatable bonds is 4. The molecule has 1 aliphatic rings. The van der Waals surface area contributed by atoms with E-state index in [2.05, 4.69) is 36.6 Å². The minimum atomic E-state index is -0.0107. The second kappa shape index (κ2) is 6.16. The van der Waals surface area contributed by atoms with E-state index in [1.54, 1.807) is 0 Å². The molecule has 110 valence electrons. The van der Waals surface area contributed by atoms with Crippen molar-refractivity contribution in [2.24, 2.45) is 5.84 Å². The first-order chi connectivity index (χ1) is 10.3. The van der Waals surface area contributed by atoms with Gasteiger partial charge in [0.25, 0.3) is 0 Å². The van der Waals surface area contributed by atoms with Crippen molar-refractivity contribution < 1.29 is 9.47 Å². The molecule has 0 amide bonds. The minimum absolute atomic E-state index is 0.0107. The molecule has 4 heteroatoms. The highest BCUT2D eigenvalue weighted by Crippen LogP contribution is 2.37. The Kier molecular flexibility index (Phi) is 4.08. The first-order valence-corrected chi connectivity index (χ1v) is 7.18. The molecule has 0 bridgehead atoms. The van der Waals surface area contributed by atoms with Gasteiger partial charge in [-0.2, -0.15) is 0 Å². The number of fused-ring (bicyclic) bond motifs is 1. The highest BCUT2D eigenvalue weighted by Gasteiger charge is 2.21. The van der Waals surface area contributed by atoms with E-state index >= 15 is 0 Å². The van der Waals surface area contributed by atoms with Gasteiger partial charge in [-0.3, -0.25) is 11.3 Å². The summed E-state index contributed by atoms with van der Waals surface area (Å²) in [5.41, 5.74) is 6.43. The molecule has 2 aromatic rings. The van der Waals surface area contributed by atoms with E-state index in [4.69, 9.17) is 15.3 Å². The summed E-state index contributed by atoms with van der Waals surface area (Å²) in [6.07, 6.45) is 0.804. The summed E-state index contributed by atoms with van der Waals surface area (Å²) in [4.78, 5) is 0. The van der Waals surface area contributed by atoms with E-state index in [0.29, 0.717) is 13.2 Å². The van der Waals surface area contributed by atoms with Gasteiger partial charge in [-0.25, -0.2) is 0 Å². The summed E-state index contributed by atoms with van der Waals surface area (Å²) in [5, 5.41) is 0. The predicted octanol–water partition coefficient (Wildman–Crippen LogP) is 2.51. The molecule has 2 aromatic carbocycles. The van der Waals surface area contributed by atoms with Crippen LogP contribution in [0.1, 0.15) is 22.7 Å². The number of benzene rings is 2. The molecule has 0 saturated carbocycles. The molecule has 21 heavy (non-hydrogen) atoms. The van der Waals surface area contributed by atoms with Gasteiger partial charge >= 0.3 is 0 Å². The number of hydrazine groups is 1. The smallest absolute Gasteiger partial charge is 0.166 e. The molecular weight excluding hydrogens is 264 g/mol. The maximum absolute atomic E-state index is 5.78. The molecule has 0 aliphatic carbocycles. The summed E-state index contributed by atoms with van der Waals surface area (Å²) in [7, 11) is 0. The lowest BCUT2D eigenvalue weighted by Crippen LogP contribution is -2.30. The molecule has 1 atom stereocenters. The Balaban J connectivity index is 1.90. The molecule has 0 fully saturated rings. The van der Waals surface area contributed by atoms with Crippen LogP contribution in [-0.4, -0.2) is 13.2 Å². The van der Waals surface area contributed by atoms with Crippen molar-refractivity contribution in [2.75, 3.05) is 13.2 Å². The van der Waals surface area contributed by atoms with Crippen molar-refractivity contribution in [3.63, 3.8) is 0 Å². The van der Waals surface area contributed by atoms with Gasteiger partial charge in [0.2, 0.25) is 0 Å². The summed E-state index contributed by atoms with van der Waals surface area (Å²) in [6, 6.07) is 14.4. The van der Waals surface area contributed by atoms with E-state index in [0.717, 1.165) is 23.5 Å². The van der Waals surface area contributed by atoms with Crippen LogP contribution in [0.4, 0.5) is 0 Å². The third kappa shape index (κ3) is 3.01. The van der Waals surface area contributed by atoms with E-state index < -0.39 is 0 Å². The molecule has 3 rings (SSSR count). The zero-order chi connectivity index (χ0) is 14.7. The first kappa shape index (κ1) is 13.9. The molecule has 1 heterocycles. The molecule has 1 aliphatic heterocycles. The zero-order valence-electron chi connectivity index (χ0n) is 12.1. The number of nitrogens with two attached hydrogens (primary N) is 1. The van der Waals surface area contributed by atoms with Gasteiger partial charge in [0, 0.05) is 5.56 Å². The second-order valence-electron chi connectivity index (χ2n) is 5.28. The zero-order valence-corrected chi connectivity index (χ0v) is 12.1. The molecule has 0 aromatic heterocycles. The number of nitrogens with one attached hydrogen (secondary N) is 1. The fraction of sp³-hybridized carbons (Fsp3) is 0.294. The fourth-order valence-electron chi connectivity index (χ4n) is 2.70. The summed E-state index contributed by atoms with van der Waals surface area (Å²) in [5.74, 6) is 7.38. The van der Waals surface area contributed by atoms with Gasteiger partial charge < -0.3 is 9.47 Å². The number of aryl methyl sites for hydroxylation is 1. The second-order valence-corrected chi connectivity index (χ2v) is 5.28. The van der Waals surface area contributed by atoms with Gasteiger partial charge in [0.1, 0.15) is 13.2 Å². The summed E-state index contributed by atoms with van der Waals surface area (Å²) in [6.45, 7) is 3.26. The molecule has 0 radical (unpaired) electrons. The Morgan fingerprint density at radius 1 is 1.14 bits per heavy atom. The molecule has 3 N–H and O–H groups in total. The van der Waals surface area contributed by atoms with E-state index in [1.807, 2.05) is 18.2 Å². The standard InChI is InChI=1S/C17H20N2O2/c1-12-4-2-5-13(10-12)11-15(19-18)14-6-3-7-16-17(14)21-9-8-20-16/h2-7,10,15,19H,8-9,11,18H2,1H3. The first-order valence-electron chi connectivity index (χ1n) is 7.18. The Bertz CT molecular complexity index is 628. The topological polar surface area (TPSA) is 56.5 Å². The van der Waals surface area contributed by atoms with Crippen LogP contribution >= 0.6 is 0 Å². The maximum atomic E-state index is 5.78. The van der Waals surface area contributed by atoms with Crippen LogP contribution in [0.25, 0.3) is 0 Å². The van der Waals surface area contributed by atoms with Crippen molar-refractivity contribution in [1.29, 1.82) is 0 Å². The lowest BCUT2D eigenvalue weighted by Gasteiger charge is -2.25. The normalized spacial score (nSPS) is 14.8. The number of ether oxygens (including phenoxy) is 2. The highest BCUT2D eigenvalue weighted by atomic mass is 16.6. The molecule has 1 unspecified atom stereocenters. The van der Waals surface area contributed by atoms with Gasteiger partial charge in [0.05, 0.1) is 6.04 Å². The quantitative estimate of drug-likeness (QED) is 0.669. The Labute approximate surface area is 124 Å². The summed E-state index contributed by atoms with van der Waals surface area (Å²) >= 11 is 0. The van der Waals surface area contributed by atoms with Crippen LogP contribution in [0.2, 0.25) is 0 Å². The minimum Gasteiger partial charge on any atom is -0.486 e. The van der Waals surface area contributed by atoms with Gasteiger partial charge in [-0.05, 0) is 25.0 Å². The van der Waals surface area contributed by atoms with Crippen LogP contribution in [-0.2, 0) is 6.42 Å². The van der Waals surface area contributed by atoms with Crippen molar-refractivity contribution in [1.82, 2.24) is 5.43 Å². The number of para-hydroxylation sites is 1. The third-order valence-corrected chi connectivity index (χ3v) is 3.70. The van der Waals surface area contributed by atoms with E-state index in [9.17, 15) is 0 Å². The maximum Gasteiger partial charge on any atom is 0.166 e. The third-order valence-electron chi connectivity index (χ3n) is 3.70. The number of hydrogen-bond acceptors (Lipinski definition) is 4. The van der Waals surface area contributed by atoms with Gasteiger partial charge in [-0.15, -0.1) is 0 Å². The lowest BCUT2D eigenvalue weighted by atomic mass is 9.97. The van der Waals surface area contributed by atoms with Crippen LogP contribution in [0.15, 0.2) is 42.5 Å². The van der Waals surface area contributed by atoms with Gasteiger partial charge in [-0.1, -0.05) is 42.0 Å². The molecule has 0 saturated heterocycles. The lowest BCUT2D eigenvalue weighted by molar-refractivity contribution is 0.168. The average Bonchev–Trinajstić information content (AvgIpc) is 2.52. The average molecular weight is 284 g/mol. The molecule has 4 nitrogen and oxygen atoms in total. The van der Waals surface area contributed by atoms with Crippen molar-refractivity contribution in [3.8, 4) is 11.5 Å². The van der Waals surface area contributed by atoms with Gasteiger partial charge in [0.15, 0.2) is 11.5 Å². The van der Waals surface area contributed by atoms with Crippen molar-refractivity contribution in [3.05, 3.63) is 59.2 Å². The largest absolute Gasteiger partial charge is 0.486 e. The Hall–Kier alpha value is -2.04. The van der Waals surface area contributed by atoms with Crippen LogP contribution in [0.5, 0.6) is 11.5 Å². The van der Waals surface area contributed by atoms with E-state index in [-0.39, 0.29) is 6.04 Å². The number of hydrogen-bond donors (Lipinski definition) is 2. The van der Waals surface area contributed by atoms with Crippen molar-refractivity contribution >= 4 is 0 Å². The van der Waals surface area contributed by atoms with E-state index in [1.165, 1.54) is 11.1 Å². The van der Waals surface area contributed by atoms with Crippen LogP contribution < -0.4 is 20.7 Å². The predicted molar refractivity (Wildman–Crippen MR) is 82.4 cm³/mol. The fourth-order valence-corrected chi connectivity index (χ4v) is 2.70. The highest BCUT2D eigenvalue weighted by molar-refractivity contribution is 5.49. The molecule has 0 spiro atoms.